The van der Waals surface area contributed by atoms with Crippen molar-refractivity contribution in [2.45, 2.75) is 51.1 Å². The zero-order valence-electron chi connectivity index (χ0n) is 20.1. The first-order valence-corrected chi connectivity index (χ1v) is 11.9. The maximum atomic E-state index is 13.2. The van der Waals surface area contributed by atoms with Crippen molar-refractivity contribution in [2.24, 2.45) is 0 Å². The molecule has 0 saturated carbocycles. The monoisotopic (exact) mass is 501 g/mol. The van der Waals surface area contributed by atoms with Crippen LogP contribution in [0.4, 0.5) is 10.5 Å². The quantitative estimate of drug-likeness (QED) is 0.378. The van der Waals surface area contributed by atoms with Crippen LogP contribution in [0.1, 0.15) is 49.4 Å². The highest BCUT2D eigenvalue weighted by molar-refractivity contribution is 5.96. The smallest absolute Gasteiger partial charge is 0.321 e. The molecule has 0 radical (unpaired) electrons. The second-order valence-electron chi connectivity index (χ2n) is 8.85. The zero-order chi connectivity index (χ0) is 26.2. The van der Waals surface area contributed by atoms with Crippen LogP contribution in [0.3, 0.4) is 0 Å². The lowest BCUT2D eigenvalue weighted by Crippen LogP contribution is -2.64. The van der Waals surface area contributed by atoms with Crippen molar-refractivity contribution >= 4 is 41.2 Å². The van der Waals surface area contributed by atoms with Crippen LogP contribution in [0, 0.1) is 0 Å². The number of ketones is 1. The highest BCUT2D eigenvalue weighted by Crippen LogP contribution is 2.17. The number of carboxylic acid groups (broad SMARTS) is 1. The highest BCUT2D eigenvalue weighted by Gasteiger charge is 2.38. The van der Waals surface area contributed by atoms with Gasteiger partial charge in [0.2, 0.25) is 17.7 Å². The minimum absolute atomic E-state index is 0.0469. The summed E-state index contributed by atoms with van der Waals surface area (Å²) in [5, 5.41) is 17.0. The molecule has 0 aromatic heterocycles. The van der Waals surface area contributed by atoms with E-state index < -0.39 is 30.0 Å². The Kier molecular flexibility index (Phi) is 8.98. The largest absolute Gasteiger partial charge is 0.481 e. The van der Waals surface area contributed by atoms with E-state index in [-0.39, 0.29) is 56.5 Å². The molecule has 12 heteroatoms. The minimum atomic E-state index is -1.03. The lowest BCUT2D eigenvalue weighted by molar-refractivity contribution is -0.144. The molecule has 2 aliphatic rings. The van der Waals surface area contributed by atoms with Crippen LogP contribution in [0.25, 0.3) is 0 Å². The van der Waals surface area contributed by atoms with E-state index in [4.69, 9.17) is 5.11 Å². The van der Waals surface area contributed by atoms with E-state index in [0.717, 1.165) is 0 Å². The summed E-state index contributed by atoms with van der Waals surface area (Å²) < 4.78 is 0. The number of Topliss-reactive ketones (excluding diaryl/α,β-unsaturated/α-hetero) is 1. The fourth-order valence-electron chi connectivity index (χ4n) is 4.19. The SMILES string of the molecule is CC(=O)c1ccc(NC(=O)N2CCN(C(=O)CCCC(=O)O)[C@@H](C(=O)N[C@@H]3CCCNC3=O)C2)cc1. The molecule has 0 spiro atoms. The molecule has 1 aromatic carbocycles. The molecule has 0 bridgehead atoms. The van der Waals surface area contributed by atoms with Crippen LogP contribution in [-0.4, -0.2) is 88.7 Å². The number of carbonyl (C=O) groups excluding carboxylic acids is 5. The normalized spacial score (nSPS) is 19.8. The van der Waals surface area contributed by atoms with Gasteiger partial charge in [-0.25, -0.2) is 4.79 Å². The van der Waals surface area contributed by atoms with E-state index in [0.29, 0.717) is 30.6 Å². The molecule has 194 valence electrons. The predicted molar refractivity (Wildman–Crippen MR) is 128 cm³/mol. The number of aliphatic carboxylic acids is 1. The van der Waals surface area contributed by atoms with Crippen molar-refractivity contribution in [1.82, 2.24) is 20.4 Å². The van der Waals surface area contributed by atoms with Gasteiger partial charge in [0.15, 0.2) is 5.78 Å². The summed E-state index contributed by atoms with van der Waals surface area (Å²) in [5.74, 6) is -2.35. The number of benzene rings is 1. The number of piperazine rings is 1. The molecule has 12 nitrogen and oxygen atoms in total. The van der Waals surface area contributed by atoms with E-state index in [1.165, 1.54) is 16.7 Å². The fraction of sp³-hybridized carbons (Fsp3) is 0.500. The van der Waals surface area contributed by atoms with Crippen molar-refractivity contribution in [3.8, 4) is 0 Å². The summed E-state index contributed by atoms with van der Waals surface area (Å²) in [6, 6.07) is 4.16. The van der Waals surface area contributed by atoms with E-state index >= 15 is 0 Å². The van der Waals surface area contributed by atoms with Crippen molar-refractivity contribution in [2.75, 3.05) is 31.5 Å². The van der Waals surface area contributed by atoms with Gasteiger partial charge >= 0.3 is 12.0 Å². The molecule has 5 amide bonds. The maximum absolute atomic E-state index is 13.2. The lowest BCUT2D eigenvalue weighted by atomic mass is 10.0. The summed E-state index contributed by atoms with van der Waals surface area (Å²) in [5.41, 5.74) is 0.976. The first kappa shape index (κ1) is 26.6. The van der Waals surface area contributed by atoms with Crippen LogP contribution >= 0.6 is 0 Å². The molecule has 2 heterocycles. The van der Waals surface area contributed by atoms with Crippen LogP contribution < -0.4 is 16.0 Å². The highest BCUT2D eigenvalue weighted by atomic mass is 16.4. The molecule has 1 aromatic rings. The van der Waals surface area contributed by atoms with Gasteiger partial charge in [-0.1, -0.05) is 0 Å². The molecule has 36 heavy (non-hydrogen) atoms. The van der Waals surface area contributed by atoms with E-state index in [1.54, 1.807) is 24.3 Å². The maximum Gasteiger partial charge on any atom is 0.321 e. The number of nitrogens with one attached hydrogen (secondary N) is 3. The topological polar surface area (TPSA) is 165 Å². The molecule has 2 saturated heterocycles. The predicted octanol–water partition coefficient (Wildman–Crippen LogP) is 0.584. The number of hydrogen-bond acceptors (Lipinski definition) is 6. The summed E-state index contributed by atoms with van der Waals surface area (Å²) >= 11 is 0. The van der Waals surface area contributed by atoms with Gasteiger partial charge in [-0.2, -0.15) is 0 Å². The number of carboxylic acids is 1. The molecule has 2 fully saturated rings. The fourth-order valence-corrected chi connectivity index (χ4v) is 4.19. The standard InChI is InChI=1S/C24H31N5O7/c1-15(30)16-7-9-17(10-8-16)26-24(36)28-12-13-29(20(31)5-2-6-21(32)33)19(14-28)23(35)27-18-4-3-11-25-22(18)34/h7-10,18-19H,2-6,11-14H2,1H3,(H,25,34)(H,26,36)(H,27,35)(H,32,33)/t18-,19-/m1/s1. The van der Waals surface area contributed by atoms with Gasteiger partial charge < -0.3 is 30.9 Å². The van der Waals surface area contributed by atoms with Crippen molar-refractivity contribution in [1.29, 1.82) is 0 Å². The van der Waals surface area contributed by atoms with Crippen LogP contribution in [0.15, 0.2) is 24.3 Å². The molecule has 0 aliphatic carbocycles. The number of rotatable bonds is 8. The van der Waals surface area contributed by atoms with Crippen LogP contribution in [0.2, 0.25) is 0 Å². The number of nitrogens with zero attached hydrogens (tertiary/aromatic N) is 2. The van der Waals surface area contributed by atoms with E-state index in [1.807, 2.05) is 0 Å². The Morgan fingerprint density at radius 2 is 1.81 bits per heavy atom. The van der Waals surface area contributed by atoms with Gasteiger partial charge in [-0.3, -0.25) is 24.0 Å². The van der Waals surface area contributed by atoms with Gasteiger partial charge in [0.25, 0.3) is 0 Å². The number of hydrogen-bond donors (Lipinski definition) is 4. The number of urea groups is 1. The summed E-state index contributed by atoms with van der Waals surface area (Å²) in [6.45, 7) is 2.12. The number of amides is 5. The molecular weight excluding hydrogens is 470 g/mol. The minimum Gasteiger partial charge on any atom is -0.481 e. The third kappa shape index (κ3) is 7.03. The third-order valence-electron chi connectivity index (χ3n) is 6.22. The Morgan fingerprint density at radius 1 is 1.08 bits per heavy atom. The average Bonchev–Trinajstić information content (AvgIpc) is 2.85. The van der Waals surface area contributed by atoms with Crippen molar-refractivity contribution in [3.63, 3.8) is 0 Å². The summed E-state index contributed by atoms with van der Waals surface area (Å²) in [7, 11) is 0. The number of piperidine rings is 1. The van der Waals surface area contributed by atoms with E-state index in [2.05, 4.69) is 16.0 Å². The number of carbonyl (C=O) groups is 6. The Labute approximate surface area is 208 Å². The molecule has 3 rings (SSSR count). The Morgan fingerprint density at radius 3 is 2.44 bits per heavy atom. The Hall–Kier alpha value is -3.96. The Balaban J connectivity index is 1.69. The summed E-state index contributed by atoms with van der Waals surface area (Å²) in [4.78, 5) is 76.0. The average molecular weight is 502 g/mol. The molecule has 4 N–H and O–H groups in total. The van der Waals surface area contributed by atoms with E-state index in [9.17, 15) is 28.8 Å². The molecule has 2 aliphatic heterocycles. The first-order valence-electron chi connectivity index (χ1n) is 11.9. The lowest BCUT2D eigenvalue weighted by Gasteiger charge is -2.41. The Bertz CT molecular complexity index is 1030. The summed E-state index contributed by atoms with van der Waals surface area (Å²) in [6.07, 6.45) is 1.09. The van der Waals surface area contributed by atoms with Crippen LogP contribution in [-0.2, 0) is 19.2 Å². The van der Waals surface area contributed by atoms with Gasteiger partial charge in [0, 0.05) is 43.7 Å². The molecule has 2 atom stereocenters. The zero-order valence-corrected chi connectivity index (χ0v) is 20.1. The second kappa shape index (κ2) is 12.1. The van der Waals surface area contributed by atoms with Gasteiger partial charge in [0.05, 0.1) is 6.54 Å². The molecule has 0 unspecified atom stereocenters. The second-order valence-corrected chi connectivity index (χ2v) is 8.85. The number of anilines is 1. The van der Waals surface area contributed by atoms with Crippen molar-refractivity contribution < 1.29 is 33.9 Å². The van der Waals surface area contributed by atoms with Crippen LogP contribution in [0.5, 0.6) is 0 Å². The first-order chi connectivity index (χ1) is 17.2. The van der Waals surface area contributed by atoms with Gasteiger partial charge in [-0.15, -0.1) is 0 Å². The third-order valence-corrected chi connectivity index (χ3v) is 6.22. The molecular formula is C24H31N5O7. The van der Waals surface area contributed by atoms with Gasteiger partial charge in [-0.05, 0) is 50.5 Å². The van der Waals surface area contributed by atoms with Crippen molar-refractivity contribution in [3.05, 3.63) is 29.8 Å². The van der Waals surface area contributed by atoms with Gasteiger partial charge in [0.1, 0.15) is 12.1 Å².